The number of guanidine groups is 1. The lowest BCUT2D eigenvalue weighted by Crippen LogP contribution is -2.42. The predicted molar refractivity (Wildman–Crippen MR) is 81.7 cm³/mol. The van der Waals surface area contributed by atoms with E-state index in [-0.39, 0.29) is 24.0 Å². The van der Waals surface area contributed by atoms with E-state index in [2.05, 4.69) is 26.9 Å². The lowest BCUT2D eigenvalue weighted by molar-refractivity contribution is 0.277. The first-order valence-electron chi connectivity index (χ1n) is 6.04. The first kappa shape index (κ1) is 15.2. The average Bonchev–Trinajstić information content (AvgIpc) is 2.73. The summed E-state index contributed by atoms with van der Waals surface area (Å²) in [4.78, 5) is 10.6. The maximum Gasteiger partial charge on any atom is 0.191 e. The Labute approximate surface area is 125 Å². The van der Waals surface area contributed by atoms with Gasteiger partial charge in [0.15, 0.2) is 5.96 Å². The molecule has 2 N–H and O–H groups in total. The smallest absolute Gasteiger partial charge is 0.191 e. The molecule has 0 aliphatic carbocycles. The van der Waals surface area contributed by atoms with E-state index in [1.54, 1.807) is 4.68 Å². The van der Waals surface area contributed by atoms with E-state index in [0.29, 0.717) is 12.5 Å². The molecule has 0 amide bonds. The van der Waals surface area contributed by atoms with Gasteiger partial charge in [-0.2, -0.15) is 5.10 Å². The lowest BCUT2D eigenvalue weighted by Gasteiger charge is -2.30. The van der Waals surface area contributed by atoms with Crippen molar-refractivity contribution in [2.45, 2.75) is 26.3 Å². The highest BCUT2D eigenvalue weighted by Gasteiger charge is 2.16. The van der Waals surface area contributed by atoms with Crippen LogP contribution in [-0.4, -0.2) is 38.7 Å². The van der Waals surface area contributed by atoms with Crippen LogP contribution >= 0.6 is 24.0 Å². The molecular formula is C11H21IN6. The Morgan fingerprint density at radius 3 is 2.72 bits per heavy atom. The van der Waals surface area contributed by atoms with Gasteiger partial charge in [-0.25, -0.2) is 9.98 Å². The molecule has 1 aromatic rings. The van der Waals surface area contributed by atoms with E-state index in [4.69, 9.17) is 5.73 Å². The van der Waals surface area contributed by atoms with Crippen LogP contribution in [0.3, 0.4) is 0 Å². The number of nitrogens with zero attached hydrogens (tertiary/aromatic N) is 5. The molecule has 18 heavy (non-hydrogen) atoms. The Morgan fingerprint density at radius 1 is 1.50 bits per heavy atom. The van der Waals surface area contributed by atoms with Crippen molar-refractivity contribution in [1.29, 1.82) is 0 Å². The summed E-state index contributed by atoms with van der Waals surface area (Å²) >= 11 is 0. The minimum absolute atomic E-state index is 0. The van der Waals surface area contributed by atoms with Gasteiger partial charge in [0.25, 0.3) is 0 Å². The number of piperidine rings is 1. The molecule has 0 unspecified atom stereocenters. The van der Waals surface area contributed by atoms with Crippen LogP contribution < -0.4 is 5.73 Å². The summed E-state index contributed by atoms with van der Waals surface area (Å²) in [6.45, 7) is 4.79. The normalized spacial score (nSPS) is 17.7. The van der Waals surface area contributed by atoms with E-state index in [0.717, 1.165) is 24.8 Å². The first-order valence-corrected chi connectivity index (χ1v) is 6.04. The van der Waals surface area contributed by atoms with E-state index in [1.165, 1.54) is 19.2 Å². The Bertz CT molecular complexity index is 394. The minimum atomic E-state index is 0. The largest absolute Gasteiger partial charge is 0.370 e. The van der Waals surface area contributed by atoms with Gasteiger partial charge >= 0.3 is 0 Å². The van der Waals surface area contributed by atoms with Crippen molar-refractivity contribution in [2.24, 2.45) is 23.7 Å². The second kappa shape index (κ2) is 6.91. The fraction of sp³-hybridized carbons (Fsp3) is 0.727. The number of aliphatic imine (C=N–C) groups is 1. The SMILES string of the molecule is CC1CCN(C(N)=NCc2ncnn2C)CC1.I. The molecule has 0 atom stereocenters. The highest BCUT2D eigenvalue weighted by molar-refractivity contribution is 14.0. The average molecular weight is 364 g/mol. The van der Waals surface area contributed by atoms with E-state index in [1.807, 2.05) is 7.05 Å². The lowest BCUT2D eigenvalue weighted by atomic mass is 10.00. The van der Waals surface area contributed by atoms with Gasteiger partial charge in [0.2, 0.25) is 0 Å². The van der Waals surface area contributed by atoms with Gasteiger partial charge in [-0.15, -0.1) is 24.0 Å². The van der Waals surface area contributed by atoms with Crippen molar-refractivity contribution in [1.82, 2.24) is 19.7 Å². The number of likely N-dealkylation sites (tertiary alicyclic amines) is 1. The van der Waals surface area contributed by atoms with Gasteiger partial charge in [-0.1, -0.05) is 6.92 Å². The molecule has 102 valence electrons. The number of hydrogen-bond donors (Lipinski definition) is 1. The summed E-state index contributed by atoms with van der Waals surface area (Å²) in [7, 11) is 1.86. The Balaban J connectivity index is 0.00000162. The molecule has 1 aromatic heterocycles. The van der Waals surface area contributed by atoms with E-state index >= 15 is 0 Å². The topological polar surface area (TPSA) is 72.3 Å². The predicted octanol–water partition coefficient (Wildman–Crippen LogP) is 0.980. The highest BCUT2D eigenvalue weighted by Crippen LogP contribution is 2.15. The van der Waals surface area contributed by atoms with Crippen molar-refractivity contribution >= 4 is 29.9 Å². The van der Waals surface area contributed by atoms with Crippen molar-refractivity contribution in [3.8, 4) is 0 Å². The second-order valence-electron chi connectivity index (χ2n) is 4.64. The molecule has 0 aromatic carbocycles. The maximum absolute atomic E-state index is 5.98. The van der Waals surface area contributed by atoms with Crippen LogP contribution in [-0.2, 0) is 13.6 Å². The summed E-state index contributed by atoms with van der Waals surface area (Å²) in [6, 6.07) is 0. The first-order chi connectivity index (χ1) is 8.16. The zero-order valence-electron chi connectivity index (χ0n) is 10.9. The minimum Gasteiger partial charge on any atom is -0.370 e. The molecule has 1 fully saturated rings. The molecule has 2 heterocycles. The molecule has 2 rings (SSSR count). The monoisotopic (exact) mass is 364 g/mol. The van der Waals surface area contributed by atoms with Crippen LogP contribution in [0.2, 0.25) is 0 Å². The third kappa shape index (κ3) is 3.82. The fourth-order valence-electron chi connectivity index (χ4n) is 1.95. The van der Waals surface area contributed by atoms with Crippen LogP contribution in [0.15, 0.2) is 11.3 Å². The summed E-state index contributed by atoms with van der Waals surface area (Å²) < 4.78 is 1.72. The highest BCUT2D eigenvalue weighted by atomic mass is 127. The van der Waals surface area contributed by atoms with Crippen molar-refractivity contribution < 1.29 is 0 Å². The summed E-state index contributed by atoms with van der Waals surface area (Å²) in [5.41, 5.74) is 5.98. The molecule has 0 spiro atoms. The maximum atomic E-state index is 5.98. The van der Waals surface area contributed by atoms with Gasteiger partial charge in [-0.3, -0.25) is 4.68 Å². The van der Waals surface area contributed by atoms with E-state index in [9.17, 15) is 0 Å². The molecule has 1 saturated heterocycles. The summed E-state index contributed by atoms with van der Waals surface area (Å²) in [5, 5.41) is 4.00. The van der Waals surface area contributed by atoms with Gasteiger partial charge in [-0.05, 0) is 18.8 Å². The Morgan fingerprint density at radius 2 is 2.17 bits per heavy atom. The number of hydrogen-bond acceptors (Lipinski definition) is 3. The fourth-order valence-corrected chi connectivity index (χ4v) is 1.95. The molecule has 0 bridgehead atoms. The van der Waals surface area contributed by atoms with Crippen molar-refractivity contribution in [3.05, 3.63) is 12.2 Å². The molecule has 6 nitrogen and oxygen atoms in total. The van der Waals surface area contributed by atoms with Crippen LogP contribution in [0, 0.1) is 5.92 Å². The standard InChI is InChI=1S/C11H20N6.HI/c1-9-3-5-17(6-4-9)11(12)13-7-10-14-8-15-16(10)2;/h8-9H,3-7H2,1-2H3,(H2,12,13);1H. The summed E-state index contributed by atoms with van der Waals surface area (Å²) in [6.07, 6.45) is 3.92. The van der Waals surface area contributed by atoms with Gasteiger partial charge in [0.1, 0.15) is 18.7 Å². The number of rotatable bonds is 2. The number of halogens is 1. The van der Waals surface area contributed by atoms with Crippen LogP contribution in [0.1, 0.15) is 25.6 Å². The second-order valence-corrected chi connectivity index (χ2v) is 4.64. The zero-order valence-corrected chi connectivity index (χ0v) is 13.2. The van der Waals surface area contributed by atoms with Crippen LogP contribution in [0.4, 0.5) is 0 Å². The summed E-state index contributed by atoms with van der Waals surface area (Å²) in [5.74, 6) is 2.26. The van der Waals surface area contributed by atoms with Crippen LogP contribution in [0.25, 0.3) is 0 Å². The van der Waals surface area contributed by atoms with E-state index < -0.39 is 0 Å². The Kier molecular flexibility index (Phi) is 5.83. The Hall–Kier alpha value is -0.860. The zero-order chi connectivity index (χ0) is 12.3. The molecular weight excluding hydrogens is 343 g/mol. The van der Waals surface area contributed by atoms with Gasteiger partial charge < -0.3 is 10.6 Å². The molecule has 0 radical (unpaired) electrons. The molecule has 0 saturated carbocycles. The number of aryl methyl sites for hydroxylation is 1. The molecule has 7 heteroatoms. The van der Waals surface area contributed by atoms with Gasteiger partial charge in [0.05, 0.1) is 0 Å². The number of aromatic nitrogens is 3. The van der Waals surface area contributed by atoms with Crippen molar-refractivity contribution in [3.63, 3.8) is 0 Å². The van der Waals surface area contributed by atoms with Crippen molar-refractivity contribution in [2.75, 3.05) is 13.1 Å². The quantitative estimate of drug-likeness (QED) is 0.483. The molecule has 1 aliphatic rings. The van der Waals surface area contributed by atoms with Crippen LogP contribution in [0.5, 0.6) is 0 Å². The number of nitrogens with two attached hydrogens (primary N) is 1. The van der Waals surface area contributed by atoms with Gasteiger partial charge in [0, 0.05) is 20.1 Å². The molecule has 1 aliphatic heterocycles. The third-order valence-corrected chi connectivity index (χ3v) is 3.30. The third-order valence-electron chi connectivity index (χ3n) is 3.30.